The van der Waals surface area contributed by atoms with Gasteiger partial charge in [-0.1, -0.05) is 51.1 Å². The van der Waals surface area contributed by atoms with Crippen molar-refractivity contribution < 1.29 is 19.7 Å². The van der Waals surface area contributed by atoms with Crippen LogP contribution in [0.5, 0.6) is 0 Å². The fraction of sp³-hybridized carbons (Fsp3) is 0.778. The summed E-state index contributed by atoms with van der Waals surface area (Å²) in [7, 11) is 0. The Labute approximate surface area is 187 Å². The number of ether oxygens (including phenoxy) is 2. The van der Waals surface area contributed by atoms with E-state index in [1.54, 1.807) is 0 Å². The van der Waals surface area contributed by atoms with Crippen LogP contribution in [0.1, 0.15) is 78.7 Å². The van der Waals surface area contributed by atoms with Crippen LogP contribution in [0.2, 0.25) is 0 Å². The maximum atomic E-state index is 11.5. The average molecular weight is 429 g/mol. The molecule has 1 aromatic rings. The molecule has 4 nitrogen and oxygen atoms in total. The lowest BCUT2D eigenvalue weighted by Gasteiger charge is -2.53. The lowest BCUT2D eigenvalue weighted by molar-refractivity contribution is -0.165. The molecule has 0 aromatic heterocycles. The molecular weight excluding hydrogens is 388 g/mol. The third-order valence-electron chi connectivity index (χ3n) is 10.1. The van der Waals surface area contributed by atoms with E-state index in [2.05, 4.69) is 52.0 Å². The van der Waals surface area contributed by atoms with Gasteiger partial charge in [-0.3, -0.25) is 0 Å². The number of epoxide rings is 1. The molecular formula is C27H40O4. The van der Waals surface area contributed by atoms with Gasteiger partial charge in [-0.25, -0.2) is 0 Å². The molecule has 4 fully saturated rings. The standard InChI is InChI=1S/C27H40O4/c1-18(2)26(30-17-19-9-7-6-8-10-19)14-13-23(3)15-21-24(4,29)12-11-22(28)25(5)27(21,31-25)16-20(23)26/h6-10,18,20-22,28-29H,11-17H2,1-5H3/t20-,21-,22-,23-,24+,25+,26-,27-/m1/s1. The van der Waals surface area contributed by atoms with Crippen molar-refractivity contribution in [3.63, 3.8) is 0 Å². The zero-order valence-electron chi connectivity index (χ0n) is 19.9. The van der Waals surface area contributed by atoms with Gasteiger partial charge < -0.3 is 19.7 Å². The lowest BCUT2D eigenvalue weighted by Crippen LogP contribution is -2.58. The molecule has 1 aliphatic heterocycles. The molecule has 172 valence electrons. The first-order valence-electron chi connectivity index (χ1n) is 12.3. The van der Waals surface area contributed by atoms with Crippen LogP contribution in [0.15, 0.2) is 30.3 Å². The first kappa shape index (κ1) is 21.9. The number of hydrogen-bond acceptors (Lipinski definition) is 4. The van der Waals surface area contributed by atoms with Gasteiger partial charge in [-0.05, 0) is 75.2 Å². The quantitative estimate of drug-likeness (QED) is 0.673. The molecule has 0 amide bonds. The molecule has 8 atom stereocenters. The van der Waals surface area contributed by atoms with E-state index in [4.69, 9.17) is 9.47 Å². The maximum absolute atomic E-state index is 11.5. The van der Waals surface area contributed by atoms with Gasteiger partial charge in [0.2, 0.25) is 0 Å². The van der Waals surface area contributed by atoms with Crippen molar-refractivity contribution >= 4 is 0 Å². The van der Waals surface area contributed by atoms with E-state index in [0.717, 1.165) is 25.7 Å². The molecule has 4 aliphatic rings. The second kappa shape index (κ2) is 6.79. The van der Waals surface area contributed by atoms with Crippen LogP contribution < -0.4 is 0 Å². The van der Waals surface area contributed by atoms with Gasteiger partial charge in [0.05, 0.1) is 23.9 Å². The Morgan fingerprint density at radius 1 is 1.03 bits per heavy atom. The van der Waals surface area contributed by atoms with E-state index in [-0.39, 0.29) is 16.9 Å². The van der Waals surface area contributed by atoms with Crippen LogP contribution in [-0.2, 0) is 16.1 Å². The Balaban J connectivity index is 1.51. The number of rotatable bonds is 4. The zero-order chi connectivity index (χ0) is 22.3. The average Bonchev–Trinajstić information content (AvgIpc) is 3.23. The van der Waals surface area contributed by atoms with Gasteiger partial charge in [0.25, 0.3) is 0 Å². The van der Waals surface area contributed by atoms with Crippen LogP contribution in [0, 0.1) is 23.2 Å². The van der Waals surface area contributed by atoms with Crippen molar-refractivity contribution in [2.24, 2.45) is 23.2 Å². The third kappa shape index (κ3) is 2.94. The topological polar surface area (TPSA) is 62.2 Å². The number of aliphatic hydroxyl groups excluding tert-OH is 1. The van der Waals surface area contributed by atoms with Gasteiger partial charge in [0.15, 0.2) is 0 Å². The van der Waals surface area contributed by atoms with Gasteiger partial charge in [0, 0.05) is 5.92 Å². The Bertz CT molecular complexity index is 837. The van der Waals surface area contributed by atoms with Crippen LogP contribution in [0.4, 0.5) is 0 Å². The van der Waals surface area contributed by atoms with Crippen molar-refractivity contribution in [1.29, 1.82) is 0 Å². The predicted octanol–water partition coefficient (Wildman–Crippen LogP) is 4.86. The summed E-state index contributed by atoms with van der Waals surface area (Å²) >= 11 is 0. The predicted molar refractivity (Wildman–Crippen MR) is 120 cm³/mol. The summed E-state index contributed by atoms with van der Waals surface area (Å²) in [6, 6.07) is 10.5. The molecule has 1 spiro atoms. The second-order valence-corrected chi connectivity index (χ2v) is 12.1. The van der Waals surface area contributed by atoms with Gasteiger partial charge in [-0.2, -0.15) is 0 Å². The SMILES string of the molecule is CC(C)[C@]1(OCc2ccccc2)CC[C@]2(C)C[C@@H]3[C@@](C)(O)CC[C@@H](O)[C@]4(C)O[C@]34C[C@H]21. The molecule has 1 aromatic carbocycles. The van der Waals surface area contributed by atoms with E-state index in [9.17, 15) is 10.2 Å². The Kier molecular flexibility index (Phi) is 4.79. The molecule has 0 radical (unpaired) electrons. The van der Waals surface area contributed by atoms with Gasteiger partial charge in [0.1, 0.15) is 11.2 Å². The molecule has 0 unspecified atom stereocenters. The largest absolute Gasteiger partial charge is 0.390 e. The number of benzene rings is 1. The van der Waals surface area contributed by atoms with Crippen LogP contribution in [0.3, 0.4) is 0 Å². The summed E-state index contributed by atoms with van der Waals surface area (Å²) in [5, 5.41) is 22.4. The molecule has 3 aliphatic carbocycles. The minimum absolute atomic E-state index is 0.0560. The lowest BCUT2D eigenvalue weighted by atomic mass is 9.53. The van der Waals surface area contributed by atoms with E-state index < -0.39 is 22.9 Å². The summed E-state index contributed by atoms with van der Waals surface area (Å²) in [4.78, 5) is 0. The van der Waals surface area contributed by atoms with Crippen molar-refractivity contribution in [2.45, 2.75) is 108 Å². The molecule has 5 rings (SSSR count). The monoisotopic (exact) mass is 428 g/mol. The number of hydrogen-bond donors (Lipinski definition) is 2. The molecule has 1 heterocycles. The summed E-state index contributed by atoms with van der Waals surface area (Å²) in [5.41, 5.74) is -0.689. The van der Waals surface area contributed by atoms with E-state index in [0.29, 0.717) is 31.3 Å². The summed E-state index contributed by atoms with van der Waals surface area (Å²) < 4.78 is 13.4. The highest BCUT2D eigenvalue weighted by Crippen LogP contribution is 2.73. The Morgan fingerprint density at radius 2 is 1.74 bits per heavy atom. The minimum Gasteiger partial charge on any atom is -0.390 e. The molecule has 1 saturated heterocycles. The number of fused-ring (bicyclic) bond motifs is 1. The number of aliphatic hydroxyl groups is 2. The van der Waals surface area contributed by atoms with Crippen molar-refractivity contribution in [2.75, 3.05) is 0 Å². The summed E-state index contributed by atoms with van der Waals surface area (Å²) in [6.45, 7) is 11.7. The first-order valence-corrected chi connectivity index (χ1v) is 12.3. The minimum atomic E-state index is -0.808. The van der Waals surface area contributed by atoms with Gasteiger partial charge >= 0.3 is 0 Å². The maximum Gasteiger partial charge on any atom is 0.121 e. The normalized spacial score (nSPS) is 51.0. The Morgan fingerprint density at radius 3 is 2.42 bits per heavy atom. The van der Waals surface area contributed by atoms with Crippen molar-refractivity contribution in [3.8, 4) is 0 Å². The fourth-order valence-corrected chi connectivity index (χ4v) is 7.95. The highest BCUT2D eigenvalue weighted by molar-refractivity contribution is 5.29. The highest BCUT2D eigenvalue weighted by Gasteiger charge is 2.81. The van der Waals surface area contributed by atoms with Gasteiger partial charge in [-0.15, -0.1) is 0 Å². The van der Waals surface area contributed by atoms with Crippen molar-refractivity contribution in [3.05, 3.63) is 35.9 Å². The van der Waals surface area contributed by atoms with Crippen LogP contribution in [-0.4, -0.2) is 38.7 Å². The third-order valence-corrected chi connectivity index (χ3v) is 10.1. The van der Waals surface area contributed by atoms with E-state index in [1.807, 2.05) is 13.0 Å². The van der Waals surface area contributed by atoms with Crippen LogP contribution >= 0.6 is 0 Å². The van der Waals surface area contributed by atoms with Crippen LogP contribution in [0.25, 0.3) is 0 Å². The van der Waals surface area contributed by atoms with E-state index >= 15 is 0 Å². The Hall–Kier alpha value is -0.940. The smallest absolute Gasteiger partial charge is 0.121 e. The zero-order valence-corrected chi connectivity index (χ0v) is 19.9. The molecule has 4 heteroatoms. The molecule has 3 saturated carbocycles. The first-order chi connectivity index (χ1) is 14.5. The molecule has 0 bridgehead atoms. The second-order valence-electron chi connectivity index (χ2n) is 12.1. The van der Waals surface area contributed by atoms with Crippen molar-refractivity contribution in [1.82, 2.24) is 0 Å². The summed E-state index contributed by atoms with van der Waals surface area (Å²) in [5.74, 6) is 0.792. The van der Waals surface area contributed by atoms with E-state index in [1.165, 1.54) is 5.56 Å². The fourth-order valence-electron chi connectivity index (χ4n) is 7.95. The summed E-state index contributed by atoms with van der Waals surface area (Å²) in [6.07, 6.45) is 4.69. The molecule has 2 N–H and O–H groups in total. The highest BCUT2D eigenvalue weighted by atomic mass is 16.6. The molecule has 31 heavy (non-hydrogen) atoms.